The third kappa shape index (κ3) is 2.24. The van der Waals surface area contributed by atoms with Crippen LogP contribution in [0.25, 0.3) is 0 Å². The van der Waals surface area contributed by atoms with Gasteiger partial charge in [0.05, 0.1) is 12.0 Å². The Bertz CT molecular complexity index is 504. The van der Waals surface area contributed by atoms with Gasteiger partial charge in [0, 0.05) is 12.6 Å². The number of carboxylic acids is 1. The Hall–Kier alpha value is -1.79. The van der Waals surface area contributed by atoms with E-state index in [1.165, 1.54) is 0 Å². The summed E-state index contributed by atoms with van der Waals surface area (Å²) in [5, 5.41) is 22.0. The summed E-state index contributed by atoms with van der Waals surface area (Å²) in [6.07, 6.45) is -0.467. The lowest BCUT2D eigenvalue weighted by atomic mass is 9.88. The van der Waals surface area contributed by atoms with E-state index in [1.54, 1.807) is 0 Å². The summed E-state index contributed by atoms with van der Waals surface area (Å²) in [5.41, 5.74) is 0.965. The molecule has 3 N–H and O–H groups in total. The molecular weight excluding hydrogens is 250 g/mol. The van der Waals surface area contributed by atoms with E-state index < -0.39 is 18.0 Å². The van der Waals surface area contributed by atoms with Crippen LogP contribution in [0.1, 0.15) is 18.0 Å². The molecule has 3 unspecified atom stereocenters. The SMILES string of the molecule is O=C(O)C1CNC(c2ccc3c(c2)OCO3)CC1O. The minimum absolute atomic E-state index is 0.0694. The van der Waals surface area contributed by atoms with Crippen molar-refractivity contribution in [2.45, 2.75) is 18.6 Å². The van der Waals surface area contributed by atoms with Crippen LogP contribution in [-0.4, -0.2) is 35.6 Å². The fourth-order valence-electron chi connectivity index (χ4n) is 2.53. The number of aliphatic hydroxyl groups is 1. The zero-order valence-electron chi connectivity index (χ0n) is 10.2. The maximum absolute atomic E-state index is 10.9. The smallest absolute Gasteiger partial charge is 0.310 e. The minimum atomic E-state index is -0.968. The van der Waals surface area contributed by atoms with Crippen LogP contribution in [0.3, 0.4) is 0 Å². The number of hydrogen-bond acceptors (Lipinski definition) is 5. The van der Waals surface area contributed by atoms with E-state index in [4.69, 9.17) is 14.6 Å². The Morgan fingerprint density at radius 3 is 2.84 bits per heavy atom. The fourth-order valence-corrected chi connectivity index (χ4v) is 2.53. The molecule has 0 saturated carbocycles. The average molecular weight is 265 g/mol. The maximum atomic E-state index is 10.9. The largest absolute Gasteiger partial charge is 0.481 e. The maximum Gasteiger partial charge on any atom is 0.310 e. The number of hydrogen-bond donors (Lipinski definition) is 3. The first-order valence-corrected chi connectivity index (χ1v) is 6.19. The van der Waals surface area contributed by atoms with E-state index in [0.29, 0.717) is 17.9 Å². The van der Waals surface area contributed by atoms with Gasteiger partial charge < -0.3 is 25.0 Å². The normalized spacial score (nSPS) is 29.2. The molecular formula is C13H15NO5. The van der Waals surface area contributed by atoms with Crippen molar-refractivity contribution in [3.05, 3.63) is 23.8 Å². The van der Waals surface area contributed by atoms with E-state index in [0.717, 1.165) is 5.56 Å². The molecule has 1 fully saturated rings. The molecule has 6 heteroatoms. The molecule has 1 aromatic rings. The van der Waals surface area contributed by atoms with Crippen LogP contribution in [0.2, 0.25) is 0 Å². The van der Waals surface area contributed by atoms with Crippen LogP contribution in [0.5, 0.6) is 11.5 Å². The molecule has 2 heterocycles. The number of carbonyl (C=O) groups is 1. The molecule has 1 aromatic carbocycles. The molecule has 1 saturated heterocycles. The Morgan fingerprint density at radius 1 is 1.32 bits per heavy atom. The van der Waals surface area contributed by atoms with Crippen LogP contribution in [0.15, 0.2) is 18.2 Å². The van der Waals surface area contributed by atoms with Gasteiger partial charge in [-0.25, -0.2) is 0 Å². The van der Waals surface area contributed by atoms with Crippen LogP contribution in [-0.2, 0) is 4.79 Å². The van der Waals surface area contributed by atoms with Crippen molar-refractivity contribution in [1.29, 1.82) is 0 Å². The first kappa shape index (κ1) is 12.3. The molecule has 0 aliphatic carbocycles. The quantitative estimate of drug-likeness (QED) is 0.722. The summed E-state index contributed by atoms with van der Waals surface area (Å²) in [5.74, 6) is -0.313. The van der Waals surface area contributed by atoms with E-state index in [1.807, 2.05) is 18.2 Å². The van der Waals surface area contributed by atoms with Gasteiger partial charge in [-0.1, -0.05) is 6.07 Å². The van der Waals surface area contributed by atoms with Crippen LogP contribution in [0, 0.1) is 5.92 Å². The lowest BCUT2D eigenvalue weighted by molar-refractivity contribution is -0.147. The summed E-state index contributed by atoms with van der Waals surface area (Å²) < 4.78 is 10.6. The number of carboxylic acid groups (broad SMARTS) is 1. The van der Waals surface area contributed by atoms with Crippen molar-refractivity contribution in [3.8, 4) is 11.5 Å². The Kier molecular flexibility index (Phi) is 3.04. The Morgan fingerprint density at radius 2 is 2.11 bits per heavy atom. The molecule has 6 nitrogen and oxygen atoms in total. The summed E-state index contributed by atoms with van der Waals surface area (Å²) in [7, 11) is 0. The van der Waals surface area contributed by atoms with Gasteiger partial charge in [0.1, 0.15) is 0 Å². The number of fused-ring (bicyclic) bond motifs is 1. The molecule has 2 aliphatic heterocycles. The van der Waals surface area contributed by atoms with Crippen molar-refractivity contribution < 1.29 is 24.5 Å². The molecule has 0 radical (unpaired) electrons. The number of aliphatic carboxylic acids is 1. The molecule has 0 spiro atoms. The number of piperidine rings is 1. The zero-order chi connectivity index (χ0) is 13.4. The standard InChI is InChI=1S/C13H15NO5/c15-10-4-9(14-5-8(10)13(16)17)7-1-2-11-12(3-7)19-6-18-11/h1-3,8-10,14-15H,4-6H2,(H,16,17). The molecule has 3 rings (SSSR count). The predicted octanol–water partition coefficient (Wildman–Crippen LogP) is 0.511. The number of aliphatic hydroxyl groups excluding tert-OH is 1. The summed E-state index contributed by atoms with van der Waals surface area (Å²) in [6, 6.07) is 5.53. The lowest BCUT2D eigenvalue weighted by Crippen LogP contribution is -2.45. The summed E-state index contributed by atoms with van der Waals surface area (Å²) in [6.45, 7) is 0.482. The molecule has 0 bridgehead atoms. The molecule has 3 atom stereocenters. The Balaban J connectivity index is 1.75. The average Bonchev–Trinajstić information content (AvgIpc) is 2.85. The van der Waals surface area contributed by atoms with Gasteiger partial charge in [-0.05, 0) is 24.1 Å². The van der Waals surface area contributed by atoms with Gasteiger partial charge in [-0.2, -0.15) is 0 Å². The van der Waals surface area contributed by atoms with Gasteiger partial charge in [-0.3, -0.25) is 4.79 Å². The van der Waals surface area contributed by atoms with E-state index in [2.05, 4.69) is 5.32 Å². The van der Waals surface area contributed by atoms with Gasteiger partial charge in [-0.15, -0.1) is 0 Å². The first-order valence-electron chi connectivity index (χ1n) is 6.19. The monoisotopic (exact) mass is 265 g/mol. The highest BCUT2D eigenvalue weighted by Gasteiger charge is 2.34. The Labute approximate surface area is 110 Å². The predicted molar refractivity (Wildman–Crippen MR) is 65.1 cm³/mol. The van der Waals surface area contributed by atoms with Crippen molar-refractivity contribution in [2.24, 2.45) is 5.92 Å². The third-order valence-electron chi connectivity index (χ3n) is 3.64. The second-order valence-electron chi connectivity index (χ2n) is 4.82. The van der Waals surface area contributed by atoms with Gasteiger partial charge in [0.2, 0.25) is 6.79 Å². The molecule has 0 amide bonds. The van der Waals surface area contributed by atoms with Crippen LogP contribution >= 0.6 is 0 Å². The van der Waals surface area contributed by atoms with Crippen molar-refractivity contribution in [2.75, 3.05) is 13.3 Å². The van der Waals surface area contributed by atoms with E-state index >= 15 is 0 Å². The minimum Gasteiger partial charge on any atom is -0.481 e. The van der Waals surface area contributed by atoms with Crippen LogP contribution < -0.4 is 14.8 Å². The van der Waals surface area contributed by atoms with E-state index in [9.17, 15) is 9.90 Å². The first-order chi connectivity index (χ1) is 9.15. The molecule has 19 heavy (non-hydrogen) atoms. The van der Waals surface area contributed by atoms with Crippen molar-refractivity contribution >= 4 is 5.97 Å². The second kappa shape index (κ2) is 4.71. The number of nitrogens with one attached hydrogen (secondary N) is 1. The molecule has 102 valence electrons. The number of benzene rings is 1. The molecule has 0 aromatic heterocycles. The fraction of sp³-hybridized carbons (Fsp3) is 0.462. The summed E-state index contributed by atoms with van der Waals surface area (Å²) >= 11 is 0. The van der Waals surface area contributed by atoms with Gasteiger partial charge in [0.25, 0.3) is 0 Å². The van der Waals surface area contributed by atoms with E-state index in [-0.39, 0.29) is 19.4 Å². The molecule has 2 aliphatic rings. The highest BCUT2D eigenvalue weighted by molar-refractivity contribution is 5.71. The number of rotatable bonds is 2. The number of ether oxygens (including phenoxy) is 2. The highest BCUT2D eigenvalue weighted by Crippen LogP contribution is 2.36. The third-order valence-corrected chi connectivity index (χ3v) is 3.64. The van der Waals surface area contributed by atoms with Crippen LogP contribution in [0.4, 0.5) is 0 Å². The van der Waals surface area contributed by atoms with Crippen molar-refractivity contribution in [3.63, 3.8) is 0 Å². The lowest BCUT2D eigenvalue weighted by Gasteiger charge is -2.32. The zero-order valence-corrected chi connectivity index (χ0v) is 10.2. The van der Waals surface area contributed by atoms with Gasteiger partial charge >= 0.3 is 5.97 Å². The second-order valence-corrected chi connectivity index (χ2v) is 4.82. The van der Waals surface area contributed by atoms with Crippen molar-refractivity contribution in [1.82, 2.24) is 5.32 Å². The topological polar surface area (TPSA) is 88.0 Å². The highest BCUT2D eigenvalue weighted by atomic mass is 16.7. The summed E-state index contributed by atoms with van der Waals surface area (Å²) in [4.78, 5) is 10.9. The van der Waals surface area contributed by atoms with Gasteiger partial charge in [0.15, 0.2) is 11.5 Å².